The summed E-state index contributed by atoms with van der Waals surface area (Å²) in [6.45, 7) is 0. The van der Waals surface area contributed by atoms with Crippen molar-refractivity contribution in [2.75, 3.05) is 0 Å². The average molecular weight is 821 g/mol. The van der Waals surface area contributed by atoms with Crippen molar-refractivity contribution < 1.29 is 0 Å². The summed E-state index contributed by atoms with van der Waals surface area (Å²) in [5.41, 5.74) is 15.3. The smallest absolute Gasteiger partial charge is 0.238 e. The van der Waals surface area contributed by atoms with Crippen LogP contribution in [0.5, 0.6) is 0 Å². The molecule has 0 amide bonds. The van der Waals surface area contributed by atoms with Crippen molar-refractivity contribution in [1.82, 2.24) is 47.8 Å². The van der Waals surface area contributed by atoms with Gasteiger partial charge in [-0.05, 0) is 71.8 Å². The van der Waals surface area contributed by atoms with Crippen LogP contribution in [-0.4, -0.2) is 47.8 Å². The van der Waals surface area contributed by atoms with E-state index in [1.165, 1.54) is 0 Å². The second-order valence-corrected chi connectivity index (χ2v) is 16.1. The zero-order valence-corrected chi connectivity index (χ0v) is 33.9. The Balaban J connectivity index is 1.00. The highest BCUT2D eigenvalue weighted by Gasteiger charge is 2.24. The first kappa shape index (κ1) is 34.7. The fourth-order valence-corrected chi connectivity index (χ4v) is 9.51. The number of hydrogen-bond donors (Lipinski definition) is 0. The lowest BCUT2D eigenvalue weighted by Gasteiger charge is -2.11. The summed E-state index contributed by atoms with van der Waals surface area (Å²) in [6.07, 6.45) is 0. The van der Waals surface area contributed by atoms with E-state index in [2.05, 4.69) is 127 Å². The molecule has 10 nitrogen and oxygen atoms in total. The largest absolute Gasteiger partial charge is 0.276 e. The lowest BCUT2D eigenvalue weighted by atomic mass is 10.0. The van der Waals surface area contributed by atoms with Gasteiger partial charge in [-0.3, -0.25) is 8.80 Å². The van der Waals surface area contributed by atoms with E-state index in [0.29, 0.717) is 11.9 Å². The molecule has 0 N–H and O–H groups in total. The maximum atomic E-state index is 5.29. The maximum absolute atomic E-state index is 5.29. The Bertz CT molecular complexity index is 3930. The molecule has 0 spiro atoms. The van der Waals surface area contributed by atoms with Gasteiger partial charge >= 0.3 is 0 Å². The molecule has 0 aliphatic rings. The topological polar surface area (TPSA) is 96.0 Å². The fraction of sp³-hybridized carbons (Fsp3) is 0. The fourth-order valence-electron chi connectivity index (χ4n) is 9.51. The van der Waals surface area contributed by atoms with E-state index in [1.54, 1.807) is 0 Å². The predicted octanol–water partition coefficient (Wildman–Crippen LogP) is 12.1. The van der Waals surface area contributed by atoms with E-state index >= 15 is 0 Å². The van der Waals surface area contributed by atoms with Gasteiger partial charge < -0.3 is 0 Å². The molecule has 0 aliphatic heterocycles. The van der Waals surface area contributed by atoms with E-state index in [9.17, 15) is 0 Å². The minimum Gasteiger partial charge on any atom is -0.276 e. The number of fused-ring (bicyclic) bond motifs is 12. The second-order valence-electron chi connectivity index (χ2n) is 16.1. The van der Waals surface area contributed by atoms with E-state index < -0.39 is 0 Å². The third-order valence-corrected chi connectivity index (χ3v) is 12.4. The zero-order chi connectivity index (χ0) is 41.9. The molecule has 0 atom stereocenters. The van der Waals surface area contributed by atoms with Crippen molar-refractivity contribution in [3.63, 3.8) is 0 Å². The number of benzene rings is 8. The van der Waals surface area contributed by atoms with Crippen LogP contribution in [0.15, 0.2) is 194 Å². The molecule has 14 rings (SSSR count). The van der Waals surface area contributed by atoms with Crippen molar-refractivity contribution in [1.29, 1.82) is 0 Å². The lowest BCUT2D eigenvalue weighted by Crippen LogP contribution is -2.04. The molecule has 10 heteroatoms. The monoisotopic (exact) mass is 820 g/mol. The summed E-state index contributed by atoms with van der Waals surface area (Å²) < 4.78 is 8.64. The number of hydrogen-bond acceptors (Lipinski definition) is 6. The molecule has 6 heterocycles. The molecular weight excluding hydrogens is 789 g/mol. The molecule has 8 aromatic carbocycles. The highest BCUT2D eigenvalue weighted by molar-refractivity contribution is 5.99. The van der Waals surface area contributed by atoms with Gasteiger partial charge in [0.2, 0.25) is 23.5 Å². The normalized spacial score (nSPS) is 12.1. The molecule has 298 valence electrons. The van der Waals surface area contributed by atoms with Crippen LogP contribution in [0.3, 0.4) is 0 Å². The Morgan fingerprint density at radius 2 is 0.656 bits per heavy atom. The van der Waals surface area contributed by atoms with E-state index in [4.69, 9.17) is 29.9 Å². The minimum absolute atomic E-state index is 0.559. The van der Waals surface area contributed by atoms with Gasteiger partial charge in [0.15, 0.2) is 0 Å². The number of para-hydroxylation sites is 6. The molecule has 14 aromatic rings. The van der Waals surface area contributed by atoms with Crippen LogP contribution in [0, 0.1) is 0 Å². The van der Waals surface area contributed by atoms with Gasteiger partial charge in [-0.15, -0.1) is 0 Å². The molecule has 0 bridgehead atoms. The van der Waals surface area contributed by atoms with Gasteiger partial charge in [-0.25, -0.2) is 39.0 Å². The summed E-state index contributed by atoms with van der Waals surface area (Å²) in [7, 11) is 0. The molecule has 0 radical (unpaired) electrons. The summed E-state index contributed by atoms with van der Waals surface area (Å²) in [5.74, 6) is 2.60. The van der Waals surface area contributed by atoms with Crippen LogP contribution in [0.25, 0.3) is 123 Å². The van der Waals surface area contributed by atoms with Gasteiger partial charge in [0.25, 0.3) is 0 Å². The summed E-state index contributed by atoms with van der Waals surface area (Å²) in [5, 5.41) is 1.99. The van der Waals surface area contributed by atoms with Crippen molar-refractivity contribution in [2.24, 2.45) is 0 Å². The highest BCUT2D eigenvalue weighted by atomic mass is 15.3. The molecule has 0 unspecified atom stereocenters. The van der Waals surface area contributed by atoms with Gasteiger partial charge in [0.1, 0.15) is 0 Å². The highest BCUT2D eigenvalue weighted by Crippen LogP contribution is 2.37. The lowest BCUT2D eigenvalue weighted by molar-refractivity contribution is 0.986. The van der Waals surface area contributed by atoms with Gasteiger partial charge in [0, 0.05) is 21.9 Å². The Labute approximate surface area is 363 Å². The molecule has 0 aliphatic carbocycles. The first-order valence-corrected chi connectivity index (χ1v) is 21.2. The molecule has 0 saturated carbocycles. The van der Waals surface area contributed by atoms with Crippen LogP contribution in [-0.2, 0) is 0 Å². The van der Waals surface area contributed by atoms with Crippen molar-refractivity contribution in [3.8, 4) is 45.5 Å². The Morgan fingerprint density at radius 3 is 1.11 bits per heavy atom. The standard InChI is InChI=1S/C54H32N10/c1-3-15-33(16-4-1)49-37-19-7-9-21-39(37)55-51(59-49)63-45-29-27-35(31-47(45)61-43-25-13-11-23-41(43)57-53(61)63)36-28-30-46-48(32-36)62-44-26-14-12-24-42(44)58-54(62)64(46)52-56-40-22-10-8-20-38(40)50(60-52)34-17-5-2-6-18-34/h1-32H. The molecule has 0 saturated heterocycles. The zero-order valence-electron chi connectivity index (χ0n) is 33.9. The van der Waals surface area contributed by atoms with Gasteiger partial charge in [-0.2, -0.15) is 0 Å². The van der Waals surface area contributed by atoms with Gasteiger partial charge in [0.05, 0.1) is 66.6 Å². The third-order valence-electron chi connectivity index (χ3n) is 12.4. The molecule has 64 heavy (non-hydrogen) atoms. The van der Waals surface area contributed by atoms with E-state index in [-0.39, 0.29) is 0 Å². The van der Waals surface area contributed by atoms with E-state index in [1.807, 2.05) is 84.9 Å². The number of rotatable bonds is 5. The SMILES string of the molecule is c1ccc(-c2nc(-n3c4ccc(-c5ccc6c(c5)n5c7ccccc7nc5n6-c5nc(-c6ccccc6)c6ccccc6n5)cc4n4c5ccccc5nc34)nc3ccccc23)cc1. The van der Waals surface area contributed by atoms with Crippen LogP contribution >= 0.6 is 0 Å². The minimum atomic E-state index is 0.559. The average Bonchev–Trinajstić information content (AvgIpc) is 4.10. The third kappa shape index (κ3) is 5.01. The van der Waals surface area contributed by atoms with Crippen LogP contribution in [0.4, 0.5) is 0 Å². The van der Waals surface area contributed by atoms with Crippen LogP contribution < -0.4 is 0 Å². The van der Waals surface area contributed by atoms with Crippen molar-refractivity contribution >= 4 is 77.5 Å². The number of nitrogens with zero attached hydrogens (tertiary/aromatic N) is 10. The molecular formula is C54H32N10. The summed E-state index contributed by atoms with van der Waals surface area (Å²) >= 11 is 0. The first-order chi connectivity index (χ1) is 31.7. The Morgan fingerprint density at radius 1 is 0.266 bits per heavy atom. The quantitative estimate of drug-likeness (QED) is 0.172. The van der Waals surface area contributed by atoms with Crippen molar-refractivity contribution in [2.45, 2.75) is 0 Å². The van der Waals surface area contributed by atoms with Crippen LogP contribution in [0.2, 0.25) is 0 Å². The molecule has 6 aromatic heterocycles. The summed E-state index contributed by atoms with van der Waals surface area (Å²) in [4.78, 5) is 31.4. The maximum Gasteiger partial charge on any atom is 0.238 e. The van der Waals surface area contributed by atoms with Crippen molar-refractivity contribution in [3.05, 3.63) is 194 Å². The van der Waals surface area contributed by atoms with Crippen LogP contribution in [0.1, 0.15) is 0 Å². The second kappa shape index (κ2) is 13.2. The Hall–Kier alpha value is -9.02. The number of imidazole rings is 4. The first-order valence-electron chi connectivity index (χ1n) is 21.2. The van der Waals surface area contributed by atoms with Gasteiger partial charge in [-0.1, -0.05) is 133 Å². The summed E-state index contributed by atoms with van der Waals surface area (Å²) in [6, 6.07) is 66.8. The van der Waals surface area contributed by atoms with E-state index in [0.717, 1.165) is 111 Å². The predicted molar refractivity (Wildman–Crippen MR) is 255 cm³/mol. The molecule has 0 fully saturated rings. The number of aromatic nitrogens is 10. The Kier molecular flexibility index (Phi) is 7.17.